The van der Waals surface area contributed by atoms with Gasteiger partial charge in [0.05, 0.1) is 12.3 Å². The predicted molar refractivity (Wildman–Crippen MR) is 159 cm³/mol. The Labute approximate surface area is 244 Å². The number of benzene rings is 1. The van der Waals surface area contributed by atoms with Gasteiger partial charge in [0, 0.05) is 35.6 Å². The minimum Gasteiger partial charge on any atom is -0.462 e. The summed E-state index contributed by atoms with van der Waals surface area (Å²) in [5.74, 6) is 2.37. The number of hydrogen-bond acceptors (Lipinski definition) is 13. The van der Waals surface area contributed by atoms with Crippen LogP contribution in [0.15, 0.2) is 41.8 Å². The molecule has 6 rings (SSSR count). The SMILES string of the molecule is CCOC(=O)c1sc(Nc2nc(NCCc3cccs3)c3c(n2)N(Cc2ccc(-c4nnn[nH]4)cc2)CC3)nc1C. The molecule has 5 aromatic rings. The van der Waals surface area contributed by atoms with E-state index in [0.717, 1.165) is 54.3 Å². The van der Waals surface area contributed by atoms with E-state index in [0.29, 0.717) is 40.6 Å². The van der Waals surface area contributed by atoms with Gasteiger partial charge in [0.2, 0.25) is 5.95 Å². The summed E-state index contributed by atoms with van der Waals surface area (Å²) in [5, 5.41) is 23.5. The molecule has 0 aliphatic carbocycles. The van der Waals surface area contributed by atoms with Crippen molar-refractivity contribution in [2.75, 3.05) is 35.2 Å². The summed E-state index contributed by atoms with van der Waals surface area (Å²) in [6.45, 7) is 6.16. The van der Waals surface area contributed by atoms with Crippen molar-refractivity contribution in [1.82, 2.24) is 35.6 Å². The van der Waals surface area contributed by atoms with E-state index in [1.165, 1.54) is 16.2 Å². The van der Waals surface area contributed by atoms with Crippen molar-refractivity contribution in [2.45, 2.75) is 33.2 Å². The molecule has 0 fully saturated rings. The molecule has 41 heavy (non-hydrogen) atoms. The minimum atomic E-state index is -0.377. The van der Waals surface area contributed by atoms with Gasteiger partial charge in [0.25, 0.3) is 0 Å². The Morgan fingerprint density at radius 1 is 1.17 bits per heavy atom. The van der Waals surface area contributed by atoms with Crippen LogP contribution in [-0.4, -0.2) is 61.2 Å². The number of thiophene rings is 1. The lowest BCUT2D eigenvalue weighted by Crippen LogP contribution is -2.21. The van der Waals surface area contributed by atoms with Gasteiger partial charge in [0.1, 0.15) is 16.5 Å². The van der Waals surface area contributed by atoms with Crippen LogP contribution in [0.4, 0.5) is 22.7 Å². The van der Waals surface area contributed by atoms with Crippen LogP contribution >= 0.6 is 22.7 Å². The molecular formula is C27H28N10O2S2. The van der Waals surface area contributed by atoms with Gasteiger partial charge in [-0.2, -0.15) is 9.97 Å². The van der Waals surface area contributed by atoms with Crippen molar-refractivity contribution in [3.63, 3.8) is 0 Å². The molecule has 0 bridgehead atoms. The van der Waals surface area contributed by atoms with E-state index in [1.54, 1.807) is 25.2 Å². The van der Waals surface area contributed by atoms with Gasteiger partial charge in [-0.15, -0.1) is 16.4 Å². The molecule has 0 unspecified atom stereocenters. The molecule has 0 atom stereocenters. The third kappa shape index (κ3) is 6.02. The number of esters is 1. The Bertz CT molecular complexity index is 1620. The topological polar surface area (TPSA) is 147 Å². The maximum atomic E-state index is 12.3. The van der Waals surface area contributed by atoms with Gasteiger partial charge < -0.3 is 15.0 Å². The summed E-state index contributed by atoms with van der Waals surface area (Å²) in [5.41, 5.74) is 3.77. The molecule has 0 spiro atoms. The Balaban J connectivity index is 1.25. The van der Waals surface area contributed by atoms with E-state index in [2.05, 4.69) is 70.8 Å². The molecule has 0 saturated heterocycles. The first kappa shape index (κ1) is 26.8. The van der Waals surface area contributed by atoms with Crippen LogP contribution in [0.25, 0.3) is 11.4 Å². The number of carbonyl (C=O) groups is 1. The molecule has 1 aliphatic heterocycles. The third-order valence-corrected chi connectivity index (χ3v) is 8.57. The Morgan fingerprint density at radius 3 is 2.80 bits per heavy atom. The van der Waals surface area contributed by atoms with Crippen LogP contribution in [0, 0.1) is 6.92 Å². The van der Waals surface area contributed by atoms with Crippen molar-refractivity contribution < 1.29 is 9.53 Å². The van der Waals surface area contributed by atoms with E-state index in [1.807, 2.05) is 12.1 Å². The molecule has 210 valence electrons. The van der Waals surface area contributed by atoms with Crippen molar-refractivity contribution in [2.24, 2.45) is 0 Å². The van der Waals surface area contributed by atoms with Gasteiger partial charge >= 0.3 is 5.97 Å². The average Bonchev–Trinajstić information content (AvgIpc) is 3.79. The fourth-order valence-electron chi connectivity index (χ4n) is 4.63. The van der Waals surface area contributed by atoms with Crippen LogP contribution < -0.4 is 15.5 Å². The number of ether oxygens (including phenoxy) is 1. The molecule has 1 aromatic carbocycles. The van der Waals surface area contributed by atoms with Gasteiger partial charge in [-0.3, -0.25) is 5.32 Å². The van der Waals surface area contributed by atoms with Crippen LogP contribution in [0.1, 0.15) is 38.3 Å². The number of hydrogen-bond donors (Lipinski definition) is 3. The van der Waals surface area contributed by atoms with E-state index in [9.17, 15) is 4.79 Å². The van der Waals surface area contributed by atoms with Crippen LogP contribution in [0.2, 0.25) is 0 Å². The molecule has 0 saturated carbocycles. The number of fused-ring (bicyclic) bond motifs is 1. The lowest BCUT2D eigenvalue weighted by molar-refractivity contribution is 0.0531. The lowest BCUT2D eigenvalue weighted by Gasteiger charge is -2.20. The summed E-state index contributed by atoms with van der Waals surface area (Å²) in [4.78, 5) is 30.6. The van der Waals surface area contributed by atoms with E-state index >= 15 is 0 Å². The minimum absolute atomic E-state index is 0.309. The number of H-pyrrole nitrogens is 1. The van der Waals surface area contributed by atoms with E-state index < -0.39 is 0 Å². The number of anilines is 4. The lowest BCUT2D eigenvalue weighted by atomic mass is 10.1. The highest BCUT2D eigenvalue weighted by molar-refractivity contribution is 7.17. The summed E-state index contributed by atoms with van der Waals surface area (Å²) < 4.78 is 5.17. The monoisotopic (exact) mass is 588 g/mol. The Morgan fingerprint density at radius 2 is 2.05 bits per heavy atom. The molecule has 3 N–H and O–H groups in total. The molecule has 14 heteroatoms. The maximum Gasteiger partial charge on any atom is 0.350 e. The first-order valence-corrected chi connectivity index (χ1v) is 14.9. The number of aromatic amines is 1. The second-order valence-corrected chi connectivity index (χ2v) is 11.4. The standard InChI is InChI=1S/C27H28N10O2S2/c1-3-39-25(38)21-16(2)29-27(41-21)32-26-30-23(28-12-10-19-5-4-14-40-19)20-11-13-37(24(20)31-26)15-17-6-8-18(9-7-17)22-33-35-36-34-22/h4-9,14H,3,10-13,15H2,1-2H3,(H,33,34,35,36)(H2,28,29,30,31,32). The highest BCUT2D eigenvalue weighted by Gasteiger charge is 2.27. The molecule has 12 nitrogen and oxygen atoms in total. The zero-order valence-corrected chi connectivity index (χ0v) is 24.2. The molecule has 5 heterocycles. The van der Waals surface area contributed by atoms with Gasteiger partial charge in [-0.25, -0.2) is 14.9 Å². The number of tetrazole rings is 1. The average molecular weight is 589 g/mol. The highest BCUT2D eigenvalue weighted by atomic mass is 32.1. The number of thiazole rings is 1. The zero-order chi connectivity index (χ0) is 28.2. The summed E-state index contributed by atoms with van der Waals surface area (Å²) >= 11 is 2.98. The smallest absolute Gasteiger partial charge is 0.350 e. The van der Waals surface area contributed by atoms with Crippen molar-refractivity contribution in [1.29, 1.82) is 0 Å². The maximum absolute atomic E-state index is 12.3. The largest absolute Gasteiger partial charge is 0.462 e. The van der Waals surface area contributed by atoms with E-state index in [-0.39, 0.29) is 5.97 Å². The third-order valence-electron chi connectivity index (χ3n) is 6.58. The number of aromatic nitrogens is 7. The van der Waals surface area contributed by atoms with Crippen molar-refractivity contribution >= 4 is 51.4 Å². The quantitative estimate of drug-likeness (QED) is 0.186. The predicted octanol–water partition coefficient (Wildman–Crippen LogP) is 4.62. The second kappa shape index (κ2) is 12.0. The fourth-order valence-corrected chi connectivity index (χ4v) is 6.20. The van der Waals surface area contributed by atoms with E-state index in [4.69, 9.17) is 14.7 Å². The van der Waals surface area contributed by atoms with Crippen LogP contribution in [0.3, 0.4) is 0 Å². The number of nitrogens with zero attached hydrogens (tertiary/aromatic N) is 7. The van der Waals surface area contributed by atoms with Gasteiger partial charge in [-0.1, -0.05) is 41.7 Å². The van der Waals surface area contributed by atoms with Crippen molar-refractivity contribution in [3.8, 4) is 11.4 Å². The number of nitrogens with one attached hydrogen (secondary N) is 3. The molecule has 1 aliphatic rings. The normalized spacial score (nSPS) is 12.4. The Kier molecular flexibility index (Phi) is 7.82. The van der Waals surface area contributed by atoms with Gasteiger partial charge in [-0.05, 0) is 54.1 Å². The first-order valence-electron chi connectivity index (χ1n) is 13.2. The van der Waals surface area contributed by atoms with Crippen molar-refractivity contribution in [3.05, 3.63) is 68.4 Å². The second-order valence-electron chi connectivity index (χ2n) is 9.35. The summed E-state index contributed by atoms with van der Waals surface area (Å²) in [6, 6.07) is 12.4. The molecule has 4 aromatic heterocycles. The number of carbonyl (C=O) groups excluding carboxylic acids is 1. The van der Waals surface area contributed by atoms with Crippen LogP contribution in [0.5, 0.6) is 0 Å². The molecular weight excluding hydrogens is 560 g/mol. The summed E-state index contributed by atoms with van der Waals surface area (Å²) in [6.07, 6.45) is 1.74. The van der Waals surface area contributed by atoms with Gasteiger partial charge in [0.15, 0.2) is 11.0 Å². The number of aryl methyl sites for hydroxylation is 1. The zero-order valence-electron chi connectivity index (χ0n) is 22.5. The fraction of sp³-hybridized carbons (Fsp3) is 0.296. The summed E-state index contributed by atoms with van der Waals surface area (Å²) in [7, 11) is 0. The first-order chi connectivity index (χ1) is 20.1. The molecule has 0 amide bonds. The Hall–Kier alpha value is -4.43. The highest BCUT2D eigenvalue weighted by Crippen LogP contribution is 2.35. The van der Waals surface area contributed by atoms with Crippen LogP contribution in [-0.2, 0) is 24.1 Å². The molecule has 0 radical (unpaired) electrons. The number of rotatable bonds is 11.